The molecule has 3 N–H and O–H groups in total. The summed E-state index contributed by atoms with van der Waals surface area (Å²) in [6.07, 6.45) is 1.47. The maximum absolute atomic E-state index is 12.7. The van der Waals surface area contributed by atoms with Crippen molar-refractivity contribution in [2.24, 2.45) is 0 Å². The van der Waals surface area contributed by atoms with Gasteiger partial charge in [-0.2, -0.15) is 10.2 Å². The Bertz CT molecular complexity index is 1410. The van der Waals surface area contributed by atoms with Gasteiger partial charge >= 0.3 is 0 Å². The van der Waals surface area contributed by atoms with Crippen LogP contribution in [0.3, 0.4) is 0 Å². The van der Waals surface area contributed by atoms with Crippen LogP contribution < -0.4 is 5.32 Å². The van der Waals surface area contributed by atoms with Gasteiger partial charge in [-0.05, 0) is 48.5 Å². The average Bonchev–Trinajstić information content (AvgIpc) is 3.43. The van der Waals surface area contributed by atoms with Crippen LogP contribution in [0.5, 0.6) is 0 Å². The van der Waals surface area contributed by atoms with Crippen molar-refractivity contribution in [2.75, 3.05) is 5.32 Å². The third-order valence-electron chi connectivity index (χ3n) is 4.82. The number of carbonyl (C=O) groups is 1. The molecule has 152 valence electrons. The minimum Gasteiger partial charge on any atom is -0.322 e. The van der Waals surface area contributed by atoms with Crippen molar-refractivity contribution in [3.63, 3.8) is 0 Å². The number of hydrogen-bond acceptors (Lipinski definition) is 4. The fourth-order valence-electron chi connectivity index (χ4n) is 3.34. The molecule has 2 aromatic heterocycles. The van der Waals surface area contributed by atoms with E-state index in [1.165, 1.54) is 12.4 Å². The molecule has 0 saturated carbocycles. The van der Waals surface area contributed by atoms with Crippen molar-refractivity contribution in [1.82, 2.24) is 25.4 Å². The van der Waals surface area contributed by atoms with Crippen LogP contribution in [0.15, 0.2) is 67.0 Å². The Morgan fingerprint density at radius 1 is 0.935 bits per heavy atom. The zero-order valence-corrected chi connectivity index (χ0v) is 17.4. The largest absolute Gasteiger partial charge is 0.322 e. The van der Waals surface area contributed by atoms with Crippen LogP contribution in [0, 0.1) is 0 Å². The van der Waals surface area contributed by atoms with Crippen molar-refractivity contribution in [3.8, 4) is 22.6 Å². The van der Waals surface area contributed by atoms with Crippen LogP contribution in [0.1, 0.15) is 10.4 Å². The molecule has 5 rings (SSSR count). The molecule has 0 aliphatic rings. The van der Waals surface area contributed by atoms with Crippen molar-refractivity contribution in [2.45, 2.75) is 0 Å². The molecule has 0 fully saturated rings. The van der Waals surface area contributed by atoms with Gasteiger partial charge in [0.2, 0.25) is 0 Å². The van der Waals surface area contributed by atoms with Gasteiger partial charge in [0.05, 0.1) is 21.8 Å². The van der Waals surface area contributed by atoms with Crippen molar-refractivity contribution in [3.05, 3.63) is 82.6 Å². The molecule has 0 spiro atoms. The first-order valence-corrected chi connectivity index (χ1v) is 10.0. The second-order valence-electron chi connectivity index (χ2n) is 6.83. The monoisotopic (exact) mass is 448 g/mol. The fraction of sp³-hybridized carbons (Fsp3) is 0. The topological polar surface area (TPSA) is 99.3 Å². The zero-order chi connectivity index (χ0) is 21.4. The van der Waals surface area contributed by atoms with Gasteiger partial charge in [-0.15, -0.1) is 0 Å². The number of aromatic amines is 2. The minimum absolute atomic E-state index is 0.291. The van der Waals surface area contributed by atoms with Gasteiger partial charge in [-0.1, -0.05) is 35.3 Å². The van der Waals surface area contributed by atoms with Crippen molar-refractivity contribution >= 4 is 45.7 Å². The maximum atomic E-state index is 12.7. The summed E-state index contributed by atoms with van der Waals surface area (Å²) in [6, 6.07) is 18.1. The van der Waals surface area contributed by atoms with Crippen molar-refractivity contribution < 1.29 is 4.79 Å². The van der Waals surface area contributed by atoms with E-state index in [9.17, 15) is 4.79 Å². The number of fused-ring (bicyclic) bond motifs is 1. The highest BCUT2D eigenvalue weighted by atomic mass is 35.5. The smallest absolute Gasteiger partial charge is 0.257 e. The maximum Gasteiger partial charge on any atom is 0.257 e. The number of carbonyl (C=O) groups excluding carboxylic acids is 1. The molecule has 0 saturated heterocycles. The molecule has 0 bridgehead atoms. The summed E-state index contributed by atoms with van der Waals surface area (Å²) >= 11 is 12.1. The molecule has 1 amide bonds. The van der Waals surface area contributed by atoms with Crippen LogP contribution in [0.4, 0.5) is 5.69 Å². The number of nitrogens with zero attached hydrogens (tertiary/aromatic N) is 3. The molecule has 2 heterocycles. The first kappa shape index (κ1) is 19.3. The second-order valence-corrected chi connectivity index (χ2v) is 7.67. The molecule has 0 atom stereocenters. The Morgan fingerprint density at radius 3 is 2.65 bits per heavy atom. The summed E-state index contributed by atoms with van der Waals surface area (Å²) in [5.74, 6) is 0.355. The van der Waals surface area contributed by atoms with E-state index in [1.54, 1.807) is 18.2 Å². The number of anilines is 1. The first-order valence-electron chi connectivity index (χ1n) is 9.29. The number of hydrogen-bond donors (Lipinski definition) is 3. The number of H-pyrrole nitrogens is 2. The Labute approximate surface area is 186 Å². The third-order valence-corrected chi connectivity index (χ3v) is 5.37. The van der Waals surface area contributed by atoms with Gasteiger partial charge < -0.3 is 5.32 Å². The summed E-state index contributed by atoms with van der Waals surface area (Å²) in [5.41, 5.74) is 4.36. The Balaban J connectivity index is 1.48. The molecule has 0 radical (unpaired) electrons. The lowest BCUT2D eigenvalue weighted by Crippen LogP contribution is -2.12. The quantitative estimate of drug-likeness (QED) is 0.334. The van der Waals surface area contributed by atoms with Crippen LogP contribution >= 0.6 is 23.2 Å². The van der Waals surface area contributed by atoms with Gasteiger partial charge in [-0.25, -0.2) is 4.98 Å². The molecule has 3 aromatic carbocycles. The predicted octanol–water partition coefficient (Wildman–Crippen LogP) is 5.57. The van der Waals surface area contributed by atoms with Crippen LogP contribution in [-0.2, 0) is 0 Å². The lowest BCUT2D eigenvalue weighted by molar-refractivity contribution is 0.102. The summed E-state index contributed by atoms with van der Waals surface area (Å²) in [5, 5.41) is 18.9. The Hall–Kier alpha value is -3.68. The molecule has 7 nitrogen and oxygen atoms in total. The average molecular weight is 449 g/mol. The summed E-state index contributed by atoms with van der Waals surface area (Å²) in [4.78, 5) is 16.9. The van der Waals surface area contributed by atoms with E-state index in [0.29, 0.717) is 27.1 Å². The van der Waals surface area contributed by atoms with E-state index in [1.807, 2.05) is 36.4 Å². The molecule has 31 heavy (non-hydrogen) atoms. The Kier molecular flexibility index (Phi) is 4.89. The lowest BCUT2D eigenvalue weighted by atomic mass is 10.0. The molecule has 5 aromatic rings. The highest BCUT2D eigenvalue weighted by Gasteiger charge is 2.14. The molecule has 0 aliphatic carbocycles. The van der Waals surface area contributed by atoms with E-state index < -0.39 is 0 Å². The first-order chi connectivity index (χ1) is 15.1. The van der Waals surface area contributed by atoms with Crippen molar-refractivity contribution in [1.29, 1.82) is 0 Å². The SMILES string of the molecule is O=C(Nc1cccc(-c2n[nH]c3ccc(-c4ncn[nH]4)cc23)c1)c1ccc(Cl)cc1Cl. The number of halogens is 2. The predicted molar refractivity (Wildman–Crippen MR) is 121 cm³/mol. The number of nitrogens with one attached hydrogen (secondary N) is 3. The molecular formula is C22H14Cl2N6O. The molecule has 0 aliphatic heterocycles. The molecule has 0 unspecified atom stereocenters. The van der Waals surface area contributed by atoms with Crippen LogP contribution in [0.2, 0.25) is 10.0 Å². The second kappa shape index (κ2) is 7.86. The van der Waals surface area contributed by atoms with Gasteiger partial charge in [0.1, 0.15) is 6.33 Å². The third kappa shape index (κ3) is 3.76. The van der Waals surface area contributed by atoms with Crippen LogP contribution in [0.25, 0.3) is 33.5 Å². The van der Waals surface area contributed by atoms with E-state index >= 15 is 0 Å². The summed E-state index contributed by atoms with van der Waals surface area (Å²) < 4.78 is 0. The Morgan fingerprint density at radius 2 is 1.84 bits per heavy atom. The normalized spacial score (nSPS) is 11.0. The minimum atomic E-state index is -0.321. The number of rotatable bonds is 4. The van der Waals surface area contributed by atoms with E-state index in [-0.39, 0.29) is 5.91 Å². The zero-order valence-electron chi connectivity index (χ0n) is 15.9. The number of amides is 1. The van der Waals surface area contributed by atoms with Gasteiger partial charge in [-0.3, -0.25) is 15.0 Å². The van der Waals surface area contributed by atoms with E-state index in [2.05, 4.69) is 30.7 Å². The van der Waals surface area contributed by atoms with E-state index in [4.69, 9.17) is 23.2 Å². The van der Waals surface area contributed by atoms with E-state index in [0.717, 1.165) is 27.7 Å². The highest BCUT2D eigenvalue weighted by Crippen LogP contribution is 2.31. The summed E-state index contributed by atoms with van der Waals surface area (Å²) in [6.45, 7) is 0. The van der Waals surface area contributed by atoms with Gasteiger partial charge in [0.25, 0.3) is 5.91 Å². The lowest BCUT2D eigenvalue weighted by Gasteiger charge is -2.08. The molecule has 9 heteroatoms. The fourth-order valence-corrected chi connectivity index (χ4v) is 3.84. The summed E-state index contributed by atoms with van der Waals surface area (Å²) in [7, 11) is 0. The number of aromatic nitrogens is 5. The number of benzene rings is 3. The van der Waals surface area contributed by atoms with Crippen LogP contribution in [-0.4, -0.2) is 31.3 Å². The van der Waals surface area contributed by atoms with Gasteiger partial charge in [0, 0.05) is 27.2 Å². The molecular weight excluding hydrogens is 435 g/mol. The highest BCUT2D eigenvalue weighted by molar-refractivity contribution is 6.37. The standard InChI is InChI=1S/C22H14Cl2N6O/c23-14-5-6-16(18(24)10-14)22(31)27-15-3-1-2-12(8-15)20-17-9-13(21-25-11-26-30-21)4-7-19(17)28-29-20/h1-11H,(H,27,31)(H,28,29)(H,25,26,30). The van der Waals surface area contributed by atoms with Gasteiger partial charge in [0.15, 0.2) is 5.82 Å².